The molecule has 0 aromatic heterocycles. The number of hydrogen-bond acceptors (Lipinski definition) is 6. The molecule has 0 radical (unpaired) electrons. The molecule has 0 aliphatic carbocycles. The normalized spacial score (nSPS) is 16.7. The minimum absolute atomic E-state index is 0.0580. The smallest absolute Gasteiger partial charge is 0.329 e. The number of carbonyl (C=O) groups excluding carboxylic acids is 3. The van der Waals surface area contributed by atoms with Crippen molar-refractivity contribution >= 4 is 35.3 Å². The SMILES string of the molecule is COc1cc(N2CCCC2)c(OC)cc1/C=C1\NC(=O)N(CC(=O)Nc2cccc(C)c2)C1=O. The molecule has 34 heavy (non-hydrogen) atoms. The Morgan fingerprint density at radius 2 is 1.82 bits per heavy atom. The van der Waals surface area contributed by atoms with Crippen LogP contribution in [-0.4, -0.2) is 56.6 Å². The fourth-order valence-corrected chi connectivity index (χ4v) is 4.16. The molecule has 0 spiro atoms. The van der Waals surface area contributed by atoms with Crippen LogP contribution in [0.15, 0.2) is 42.1 Å². The minimum Gasteiger partial charge on any atom is -0.496 e. The zero-order chi connectivity index (χ0) is 24.2. The number of aryl methyl sites for hydroxylation is 1. The zero-order valence-electron chi connectivity index (χ0n) is 19.5. The number of amides is 4. The number of carbonyl (C=O) groups is 3. The first-order chi connectivity index (χ1) is 16.4. The third kappa shape index (κ3) is 4.83. The first-order valence-corrected chi connectivity index (χ1v) is 11.1. The lowest BCUT2D eigenvalue weighted by Crippen LogP contribution is -2.38. The molecule has 2 aliphatic heterocycles. The van der Waals surface area contributed by atoms with Crippen LogP contribution in [0.5, 0.6) is 11.5 Å². The monoisotopic (exact) mass is 464 g/mol. The van der Waals surface area contributed by atoms with Gasteiger partial charge in [-0.05, 0) is 49.6 Å². The molecular weight excluding hydrogens is 436 g/mol. The van der Waals surface area contributed by atoms with Gasteiger partial charge in [0.15, 0.2) is 0 Å². The maximum absolute atomic E-state index is 12.9. The molecule has 2 aromatic carbocycles. The van der Waals surface area contributed by atoms with Crippen molar-refractivity contribution in [2.45, 2.75) is 19.8 Å². The van der Waals surface area contributed by atoms with Gasteiger partial charge in [-0.25, -0.2) is 9.69 Å². The second kappa shape index (κ2) is 9.86. The standard InChI is InChI=1S/C25H28N4O5/c1-16-7-6-8-18(11-16)26-23(30)15-29-24(31)19(27-25(29)32)12-17-13-22(34-3)20(14-21(17)33-2)28-9-4-5-10-28/h6-8,11-14H,4-5,9-10,15H2,1-3H3,(H,26,30)(H,27,32)/b19-12-. The van der Waals surface area contributed by atoms with Crippen LogP contribution in [0, 0.1) is 6.92 Å². The molecule has 2 aromatic rings. The predicted molar refractivity (Wildman–Crippen MR) is 129 cm³/mol. The van der Waals surface area contributed by atoms with Crippen molar-refractivity contribution in [2.75, 3.05) is 44.1 Å². The minimum atomic E-state index is -0.657. The van der Waals surface area contributed by atoms with E-state index in [-0.39, 0.29) is 5.70 Å². The highest BCUT2D eigenvalue weighted by Gasteiger charge is 2.35. The molecule has 2 N–H and O–H groups in total. The molecule has 2 heterocycles. The van der Waals surface area contributed by atoms with E-state index < -0.39 is 24.4 Å². The maximum Gasteiger partial charge on any atom is 0.329 e. The lowest BCUT2D eigenvalue weighted by atomic mass is 10.1. The molecule has 2 fully saturated rings. The maximum atomic E-state index is 12.9. The van der Waals surface area contributed by atoms with E-state index in [1.165, 1.54) is 6.08 Å². The van der Waals surface area contributed by atoms with E-state index in [1.54, 1.807) is 32.4 Å². The van der Waals surface area contributed by atoms with Crippen LogP contribution in [0.25, 0.3) is 6.08 Å². The Balaban J connectivity index is 1.53. The molecule has 0 saturated carbocycles. The zero-order valence-corrected chi connectivity index (χ0v) is 19.5. The van der Waals surface area contributed by atoms with Crippen molar-refractivity contribution in [2.24, 2.45) is 0 Å². The summed E-state index contributed by atoms with van der Waals surface area (Å²) in [6.07, 6.45) is 3.77. The molecule has 9 heteroatoms. The summed E-state index contributed by atoms with van der Waals surface area (Å²) >= 11 is 0. The Kier molecular flexibility index (Phi) is 6.72. The number of hydrogen-bond donors (Lipinski definition) is 2. The van der Waals surface area contributed by atoms with Crippen LogP contribution in [0.3, 0.4) is 0 Å². The molecule has 9 nitrogen and oxygen atoms in total. The largest absolute Gasteiger partial charge is 0.496 e. The van der Waals surface area contributed by atoms with Gasteiger partial charge in [-0.15, -0.1) is 0 Å². The summed E-state index contributed by atoms with van der Waals surface area (Å²) in [4.78, 5) is 40.9. The van der Waals surface area contributed by atoms with Gasteiger partial charge in [0.25, 0.3) is 5.91 Å². The third-order valence-corrected chi connectivity index (χ3v) is 5.84. The van der Waals surface area contributed by atoms with E-state index >= 15 is 0 Å². The first kappa shape index (κ1) is 23.2. The van der Waals surface area contributed by atoms with E-state index in [1.807, 2.05) is 25.1 Å². The fourth-order valence-electron chi connectivity index (χ4n) is 4.16. The van der Waals surface area contributed by atoms with Crippen molar-refractivity contribution in [3.8, 4) is 11.5 Å². The molecule has 0 bridgehead atoms. The Hall–Kier alpha value is -4.01. The Morgan fingerprint density at radius 3 is 2.50 bits per heavy atom. The van der Waals surface area contributed by atoms with Gasteiger partial charge in [0.1, 0.15) is 23.7 Å². The van der Waals surface area contributed by atoms with E-state index in [0.29, 0.717) is 22.7 Å². The number of nitrogens with one attached hydrogen (secondary N) is 2. The molecule has 2 aliphatic rings. The van der Waals surface area contributed by atoms with E-state index in [2.05, 4.69) is 15.5 Å². The van der Waals surface area contributed by atoms with Gasteiger partial charge in [-0.3, -0.25) is 9.59 Å². The topological polar surface area (TPSA) is 100 Å². The highest BCUT2D eigenvalue weighted by Crippen LogP contribution is 2.38. The molecule has 0 unspecified atom stereocenters. The van der Waals surface area contributed by atoms with Crippen molar-refractivity contribution in [3.05, 3.63) is 53.2 Å². The van der Waals surface area contributed by atoms with E-state index in [9.17, 15) is 14.4 Å². The molecule has 0 atom stereocenters. The van der Waals surface area contributed by atoms with Crippen molar-refractivity contribution in [1.29, 1.82) is 0 Å². The first-order valence-electron chi connectivity index (χ1n) is 11.1. The van der Waals surface area contributed by atoms with Crippen LogP contribution < -0.4 is 25.0 Å². The summed E-state index contributed by atoms with van der Waals surface area (Å²) in [6, 6.07) is 10.3. The van der Waals surface area contributed by atoms with Gasteiger partial charge < -0.3 is 25.0 Å². The lowest BCUT2D eigenvalue weighted by molar-refractivity contribution is -0.127. The number of nitrogens with zero attached hydrogens (tertiary/aromatic N) is 2. The summed E-state index contributed by atoms with van der Waals surface area (Å²) in [5.74, 6) is 0.146. The summed E-state index contributed by atoms with van der Waals surface area (Å²) in [5.41, 5.74) is 3.15. The van der Waals surface area contributed by atoms with Gasteiger partial charge in [0, 0.05) is 30.4 Å². The molecule has 2 saturated heterocycles. The van der Waals surface area contributed by atoms with Gasteiger partial charge in [0.05, 0.1) is 19.9 Å². The summed E-state index contributed by atoms with van der Waals surface area (Å²) in [7, 11) is 3.14. The van der Waals surface area contributed by atoms with Crippen molar-refractivity contribution in [3.63, 3.8) is 0 Å². The third-order valence-electron chi connectivity index (χ3n) is 5.84. The number of benzene rings is 2. The Morgan fingerprint density at radius 1 is 1.09 bits per heavy atom. The van der Waals surface area contributed by atoms with Gasteiger partial charge >= 0.3 is 6.03 Å². The van der Waals surface area contributed by atoms with Gasteiger partial charge in [-0.2, -0.15) is 0 Å². The number of methoxy groups -OCH3 is 2. The number of imide groups is 1. The summed E-state index contributed by atoms with van der Waals surface area (Å²) in [5, 5.41) is 5.26. The average molecular weight is 465 g/mol. The van der Waals surface area contributed by atoms with Gasteiger partial charge in [0.2, 0.25) is 5.91 Å². The summed E-state index contributed by atoms with van der Waals surface area (Å²) < 4.78 is 11.1. The summed E-state index contributed by atoms with van der Waals surface area (Å²) in [6.45, 7) is 3.39. The average Bonchev–Trinajstić information content (AvgIpc) is 3.43. The van der Waals surface area contributed by atoms with Gasteiger partial charge in [-0.1, -0.05) is 12.1 Å². The Labute approximate surface area is 198 Å². The second-order valence-electron chi connectivity index (χ2n) is 8.26. The van der Waals surface area contributed by atoms with E-state index in [0.717, 1.165) is 42.1 Å². The Bertz CT molecular complexity index is 1150. The highest BCUT2D eigenvalue weighted by atomic mass is 16.5. The van der Waals surface area contributed by atoms with Crippen molar-refractivity contribution < 1.29 is 23.9 Å². The highest BCUT2D eigenvalue weighted by molar-refractivity contribution is 6.16. The lowest BCUT2D eigenvalue weighted by Gasteiger charge is -2.22. The van der Waals surface area contributed by atoms with E-state index in [4.69, 9.17) is 9.47 Å². The van der Waals surface area contributed by atoms with Crippen LogP contribution in [0.2, 0.25) is 0 Å². The molecular formula is C25H28N4O5. The van der Waals surface area contributed by atoms with Crippen molar-refractivity contribution in [1.82, 2.24) is 10.2 Å². The quantitative estimate of drug-likeness (QED) is 0.482. The number of anilines is 2. The second-order valence-corrected chi connectivity index (χ2v) is 8.26. The fraction of sp³-hybridized carbons (Fsp3) is 0.320. The molecule has 4 amide bonds. The molecule has 178 valence electrons. The van der Waals surface area contributed by atoms with Crippen LogP contribution in [-0.2, 0) is 9.59 Å². The predicted octanol–water partition coefficient (Wildman–Crippen LogP) is 3.14. The van der Waals surface area contributed by atoms with Crippen LogP contribution in [0.4, 0.5) is 16.2 Å². The number of rotatable bonds is 7. The molecule has 4 rings (SSSR count). The number of urea groups is 1. The van der Waals surface area contributed by atoms with Crippen LogP contribution >= 0.6 is 0 Å². The van der Waals surface area contributed by atoms with Crippen LogP contribution in [0.1, 0.15) is 24.0 Å². The number of ether oxygens (including phenoxy) is 2.